The normalized spacial score (nSPS) is 15.1. The molecule has 3 nitrogen and oxygen atoms in total. The number of fused-ring (bicyclic) bond motifs is 1. The Kier molecular flexibility index (Phi) is 6.03. The van der Waals surface area contributed by atoms with Crippen molar-refractivity contribution in [1.82, 2.24) is 0 Å². The van der Waals surface area contributed by atoms with Gasteiger partial charge in [0.1, 0.15) is 12.4 Å². The van der Waals surface area contributed by atoms with E-state index in [4.69, 9.17) is 14.2 Å². The molecular formula is C24H26O3. The Hall–Kier alpha value is -2.36. The number of ether oxygens (including phenoxy) is 3. The topological polar surface area (TPSA) is 27.7 Å². The first kappa shape index (κ1) is 18.0. The summed E-state index contributed by atoms with van der Waals surface area (Å²) in [6.07, 6.45) is 2.21. The Morgan fingerprint density at radius 3 is 2.48 bits per heavy atom. The summed E-state index contributed by atoms with van der Waals surface area (Å²) in [5.41, 5.74) is 2.33. The lowest BCUT2D eigenvalue weighted by Crippen LogP contribution is -2.20. The Labute approximate surface area is 160 Å². The van der Waals surface area contributed by atoms with Crippen LogP contribution in [0.5, 0.6) is 5.75 Å². The molecule has 140 valence electrons. The smallest absolute Gasteiger partial charge is 0.120 e. The monoisotopic (exact) mass is 362 g/mol. The van der Waals surface area contributed by atoms with Gasteiger partial charge < -0.3 is 14.2 Å². The molecule has 1 fully saturated rings. The van der Waals surface area contributed by atoms with Crippen LogP contribution in [0.15, 0.2) is 66.7 Å². The van der Waals surface area contributed by atoms with Crippen LogP contribution >= 0.6 is 0 Å². The summed E-state index contributed by atoms with van der Waals surface area (Å²) < 4.78 is 17.3. The molecule has 3 aromatic rings. The van der Waals surface area contributed by atoms with E-state index in [2.05, 4.69) is 54.6 Å². The summed E-state index contributed by atoms with van der Waals surface area (Å²) in [6.45, 7) is 3.74. The van der Waals surface area contributed by atoms with Crippen LogP contribution in [-0.4, -0.2) is 19.8 Å². The van der Waals surface area contributed by atoms with Crippen LogP contribution in [0, 0.1) is 5.92 Å². The van der Waals surface area contributed by atoms with Gasteiger partial charge in [0, 0.05) is 13.2 Å². The largest absolute Gasteiger partial charge is 0.489 e. The number of hydrogen-bond acceptors (Lipinski definition) is 3. The second-order valence-corrected chi connectivity index (χ2v) is 7.19. The van der Waals surface area contributed by atoms with Crippen LogP contribution in [0.2, 0.25) is 0 Å². The van der Waals surface area contributed by atoms with Crippen molar-refractivity contribution >= 4 is 10.8 Å². The highest BCUT2D eigenvalue weighted by molar-refractivity contribution is 5.82. The van der Waals surface area contributed by atoms with Crippen molar-refractivity contribution in [3.05, 3.63) is 77.9 Å². The van der Waals surface area contributed by atoms with E-state index in [0.717, 1.165) is 44.0 Å². The number of hydrogen-bond donors (Lipinski definition) is 0. The molecule has 1 aliphatic heterocycles. The Balaban J connectivity index is 1.30. The highest BCUT2D eigenvalue weighted by atomic mass is 16.5. The van der Waals surface area contributed by atoms with Gasteiger partial charge in [0.15, 0.2) is 0 Å². The predicted molar refractivity (Wildman–Crippen MR) is 108 cm³/mol. The van der Waals surface area contributed by atoms with Crippen LogP contribution in [0.25, 0.3) is 10.8 Å². The lowest BCUT2D eigenvalue weighted by molar-refractivity contribution is 0.0157. The summed E-state index contributed by atoms with van der Waals surface area (Å²) in [7, 11) is 0. The summed E-state index contributed by atoms with van der Waals surface area (Å²) in [5, 5.41) is 2.50. The standard InChI is InChI=1S/C24H26O3/c1-2-6-23-14-21(8-9-22(23)5-1)18-27-24-7-3-4-20(15-24)17-26-16-19-10-12-25-13-11-19/h1-9,14-15,19H,10-13,16-18H2. The molecule has 0 spiro atoms. The Morgan fingerprint density at radius 1 is 0.778 bits per heavy atom. The van der Waals surface area contributed by atoms with Crippen molar-refractivity contribution in [3.8, 4) is 5.75 Å². The average Bonchev–Trinajstić information content (AvgIpc) is 2.73. The molecule has 0 unspecified atom stereocenters. The van der Waals surface area contributed by atoms with E-state index in [1.165, 1.54) is 16.3 Å². The van der Waals surface area contributed by atoms with Crippen molar-refractivity contribution in [1.29, 1.82) is 0 Å². The quantitative estimate of drug-likeness (QED) is 0.566. The first-order valence-corrected chi connectivity index (χ1v) is 9.72. The van der Waals surface area contributed by atoms with E-state index >= 15 is 0 Å². The first-order valence-electron chi connectivity index (χ1n) is 9.72. The molecule has 1 saturated heterocycles. The zero-order chi connectivity index (χ0) is 18.3. The van der Waals surface area contributed by atoms with Crippen molar-refractivity contribution in [2.75, 3.05) is 19.8 Å². The number of rotatable bonds is 7. The van der Waals surface area contributed by atoms with Gasteiger partial charge >= 0.3 is 0 Å². The highest BCUT2D eigenvalue weighted by Gasteiger charge is 2.13. The van der Waals surface area contributed by atoms with E-state index in [1.807, 2.05) is 12.1 Å². The van der Waals surface area contributed by atoms with Crippen LogP contribution in [0.3, 0.4) is 0 Å². The molecular weight excluding hydrogens is 336 g/mol. The van der Waals surface area contributed by atoms with Crippen molar-refractivity contribution in [2.45, 2.75) is 26.1 Å². The molecule has 3 heteroatoms. The van der Waals surface area contributed by atoms with Gasteiger partial charge in [-0.3, -0.25) is 0 Å². The molecule has 0 atom stereocenters. The lowest BCUT2D eigenvalue weighted by atomic mass is 10.0. The summed E-state index contributed by atoms with van der Waals surface area (Å²) >= 11 is 0. The molecule has 0 aliphatic carbocycles. The zero-order valence-electron chi connectivity index (χ0n) is 15.6. The predicted octanol–water partition coefficient (Wildman–Crippen LogP) is 5.36. The molecule has 0 saturated carbocycles. The molecule has 0 amide bonds. The maximum absolute atomic E-state index is 6.01. The second kappa shape index (κ2) is 9.03. The molecule has 1 aliphatic rings. The van der Waals surface area contributed by atoms with Gasteiger partial charge in [-0.2, -0.15) is 0 Å². The van der Waals surface area contributed by atoms with Crippen molar-refractivity contribution < 1.29 is 14.2 Å². The molecule has 4 rings (SSSR count). The maximum atomic E-state index is 6.01. The van der Waals surface area contributed by atoms with Gasteiger partial charge in [-0.15, -0.1) is 0 Å². The zero-order valence-corrected chi connectivity index (χ0v) is 15.6. The van der Waals surface area contributed by atoms with Crippen molar-refractivity contribution in [3.63, 3.8) is 0 Å². The molecule has 0 aromatic heterocycles. The Bertz CT molecular complexity index is 868. The molecule has 0 bridgehead atoms. The highest BCUT2D eigenvalue weighted by Crippen LogP contribution is 2.20. The van der Waals surface area contributed by atoms with E-state index in [1.54, 1.807) is 0 Å². The maximum Gasteiger partial charge on any atom is 0.120 e. The van der Waals surface area contributed by atoms with Gasteiger partial charge in [0.25, 0.3) is 0 Å². The molecule has 0 radical (unpaired) electrons. The van der Waals surface area contributed by atoms with Crippen LogP contribution in [0.4, 0.5) is 0 Å². The third-order valence-electron chi connectivity index (χ3n) is 5.08. The summed E-state index contributed by atoms with van der Waals surface area (Å²) in [6, 6.07) is 23.1. The third-order valence-corrected chi connectivity index (χ3v) is 5.08. The minimum atomic E-state index is 0.567. The Morgan fingerprint density at radius 2 is 1.59 bits per heavy atom. The fourth-order valence-corrected chi connectivity index (χ4v) is 3.48. The van der Waals surface area contributed by atoms with E-state index in [9.17, 15) is 0 Å². The van der Waals surface area contributed by atoms with E-state index < -0.39 is 0 Å². The fraction of sp³-hybridized carbons (Fsp3) is 0.333. The van der Waals surface area contributed by atoms with Crippen LogP contribution in [0.1, 0.15) is 24.0 Å². The SMILES string of the molecule is c1cc(COCC2CCOCC2)cc(OCc2ccc3ccccc3c2)c1. The lowest BCUT2D eigenvalue weighted by Gasteiger charge is -2.21. The third kappa shape index (κ3) is 5.09. The van der Waals surface area contributed by atoms with E-state index in [0.29, 0.717) is 19.1 Å². The molecule has 3 aromatic carbocycles. The minimum Gasteiger partial charge on any atom is -0.489 e. The second-order valence-electron chi connectivity index (χ2n) is 7.19. The van der Waals surface area contributed by atoms with Gasteiger partial charge in [-0.05, 0) is 58.9 Å². The summed E-state index contributed by atoms with van der Waals surface area (Å²) in [5.74, 6) is 1.52. The average molecular weight is 362 g/mol. The minimum absolute atomic E-state index is 0.567. The van der Waals surface area contributed by atoms with E-state index in [-0.39, 0.29) is 0 Å². The number of benzene rings is 3. The van der Waals surface area contributed by atoms with Crippen LogP contribution < -0.4 is 4.74 Å². The first-order chi connectivity index (χ1) is 13.4. The van der Waals surface area contributed by atoms with Gasteiger partial charge in [0.2, 0.25) is 0 Å². The van der Waals surface area contributed by atoms with Gasteiger partial charge in [0.05, 0.1) is 13.2 Å². The molecule has 0 N–H and O–H groups in total. The summed E-state index contributed by atoms with van der Waals surface area (Å²) in [4.78, 5) is 0. The van der Waals surface area contributed by atoms with Gasteiger partial charge in [-0.25, -0.2) is 0 Å². The van der Waals surface area contributed by atoms with Crippen LogP contribution in [-0.2, 0) is 22.7 Å². The molecule has 1 heterocycles. The fourth-order valence-electron chi connectivity index (χ4n) is 3.48. The van der Waals surface area contributed by atoms with Crippen molar-refractivity contribution in [2.24, 2.45) is 5.92 Å². The molecule has 27 heavy (non-hydrogen) atoms. The van der Waals surface area contributed by atoms with Gasteiger partial charge in [-0.1, -0.05) is 48.5 Å².